The quantitative estimate of drug-likeness (QED) is 0.706. The van der Waals surface area contributed by atoms with E-state index >= 15 is 0 Å². The molecule has 16 heavy (non-hydrogen) atoms. The Morgan fingerprint density at radius 1 is 1.56 bits per heavy atom. The second-order valence-electron chi connectivity index (χ2n) is 3.50. The zero-order chi connectivity index (χ0) is 11.4. The summed E-state index contributed by atoms with van der Waals surface area (Å²) in [5.41, 5.74) is 1.23. The molecule has 0 aliphatic carbocycles. The molecule has 5 heteroatoms. The molecule has 0 amide bonds. The van der Waals surface area contributed by atoms with Gasteiger partial charge in [-0.1, -0.05) is 0 Å². The van der Waals surface area contributed by atoms with E-state index in [9.17, 15) is 4.79 Å². The number of methoxy groups -OCH3 is 1. The van der Waals surface area contributed by atoms with Gasteiger partial charge in [0.1, 0.15) is 6.10 Å². The maximum Gasteiger partial charge on any atom is 0.339 e. The van der Waals surface area contributed by atoms with E-state index in [0.29, 0.717) is 25.4 Å². The standard InChI is InChI=1S/C11H13NO4/c1-14-11(13)8-2-3-9(12-4-8)5-16-10-6-15-7-10/h2-4,10H,5-7H2,1H3. The normalized spacial score (nSPS) is 15.6. The summed E-state index contributed by atoms with van der Waals surface area (Å²) in [5.74, 6) is -0.382. The van der Waals surface area contributed by atoms with Gasteiger partial charge in [0.2, 0.25) is 0 Å². The van der Waals surface area contributed by atoms with Crippen LogP contribution in [0.1, 0.15) is 16.1 Å². The van der Waals surface area contributed by atoms with Crippen molar-refractivity contribution in [3.63, 3.8) is 0 Å². The Morgan fingerprint density at radius 2 is 2.38 bits per heavy atom. The van der Waals surface area contributed by atoms with Crippen molar-refractivity contribution in [2.24, 2.45) is 0 Å². The van der Waals surface area contributed by atoms with Crippen LogP contribution in [0.25, 0.3) is 0 Å². The molecule has 5 nitrogen and oxygen atoms in total. The Kier molecular flexibility index (Phi) is 3.48. The first-order chi connectivity index (χ1) is 7.79. The fourth-order valence-electron chi connectivity index (χ4n) is 1.26. The van der Waals surface area contributed by atoms with E-state index in [-0.39, 0.29) is 12.1 Å². The van der Waals surface area contributed by atoms with Gasteiger partial charge in [-0.3, -0.25) is 4.98 Å². The number of aromatic nitrogens is 1. The van der Waals surface area contributed by atoms with Crippen LogP contribution in [-0.4, -0.2) is 37.4 Å². The fourth-order valence-corrected chi connectivity index (χ4v) is 1.26. The van der Waals surface area contributed by atoms with E-state index in [1.54, 1.807) is 12.1 Å². The molecular formula is C11H13NO4. The molecule has 2 heterocycles. The minimum Gasteiger partial charge on any atom is -0.465 e. The Bertz CT molecular complexity index is 359. The van der Waals surface area contributed by atoms with Crippen molar-refractivity contribution < 1.29 is 19.0 Å². The maximum absolute atomic E-state index is 11.1. The summed E-state index contributed by atoms with van der Waals surface area (Å²) in [6, 6.07) is 3.43. The van der Waals surface area contributed by atoms with Crippen molar-refractivity contribution >= 4 is 5.97 Å². The molecule has 1 aliphatic heterocycles. The lowest BCUT2D eigenvalue weighted by molar-refractivity contribution is -0.135. The third kappa shape index (κ3) is 2.56. The van der Waals surface area contributed by atoms with Crippen molar-refractivity contribution in [3.8, 4) is 0 Å². The summed E-state index contributed by atoms with van der Waals surface area (Å²) in [5, 5.41) is 0. The lowest BCUT2D eigenvalue weighted by atomic mass is 10.2. The number of ether oxygens (including phenoxy) is 3. The zero-order valence-corrected chi connectivity index (χ0v) is 9.01. The summed E-state index contributed by atoms with van der Waals surface area (Å²) in [6.07, 6.45) is 1.67. The molecule has 1 fully saturated rings. The predicted octanol–water partition coefficient (Wildman–Crippen LogP) is 0.784. The summed E-state index contributed by atoms with van der Waals surface area (Å²) in [6.45, 7) is 1.75. The van der Waals surface area contributed by atoms with Gasteiger partial charge in [0.15, 0.2) is 0 Å². The Labute approximate surface area is 93.3 Å². The zero-order valence-electron chi connectivity index (χ0n) is 9.01. The number of hydrogen-bond acceptors (Lipinski definition) is 5. The Hall–Kier alpha value is -1.46. The molecule has 0 aromatic carbocycles. The molecule has 0 radical (unpaired) electrons. The van der Waals surface area contributed by atoms with Crippen LogP contribution in [0.3, 0.4) is 0 Å². The third-order valence-electron chi connectivity index (χ3n) is 2.32. The van der Waals surface area contributed by atoms with Crippen LogP contribution in [0.5, 0.6) is 0 Å². The van der Waals surface area contributed by atoms with Gasteiger partial charge in [0.25, 0.3) is 0 Å². The summed E-state index contributed by atoms with van der Waals surface area (Å²) < 4.78 is 15.0. The molecule has 2 rings (SSSR count). The Morgan fingerprint density at radius 3 is 2.88 bits per heavy atom. The van der Waals surface area contributed by atoms with E-state index in [1.165, 1.54) is 13.3 Å². The minimum absolute atomic E-state index is 0.182. The number of rotatable bonds is 4. The van der Waals surface area contributed by atoms with Crippen LogP contribution >= 0.6 is 0 Å². The third-order valence-corrected chi connectivity index (χ3v) is 2.32. The first kappa shape index (κ1) is 11.0. The highest BCUT2D eigenvalue weighted by Gasteiger charge is 2.18. The lowest BCUT2D eigenvalue weighted by Crippen LogP contribution is -2.35. The van der Waals surface area contributed by atoms with E-state index in [2.05, 4.69) is 9.72 Å². The lowest BCUT2D eigenvalue weighted by Gasteiger charge is -2.25. The molecule has 0 unspecified atom stereocenters. The topological polar surface area (TPSA) is 57.7 Å². The van der Waals surface area contributed by atoms with Crippen molar-refractivity contribution in [1.29, 1.82) is 0 Å². The SMILES string of the molecule is COC(=O)c1ccc(COC2COC2)nc1. The highest BCUT2D eigenvalue weighted by molar-refractivity contribution is 5.88. The van der Waals surface area contributed by atoms with E-state index < -0.39 is 0 Å². The van der Waals surface area contributed by atoms with Crippen molar-refractivity contribution in [2.75, 3.05) is 20.3 Å². The van der Waals surface area contributed by atoms with Gasteiger partial charge in [-0.15, -0.1) is 0 Å². The molecule has 0 atom stereocenters. The molecule has 86 valence electrons. The molecular weight excluding hydrogens is 210 g/mol. The van der Waals surface area contributed by atoms with Crippen molar-refractivity contribution in [2.45, 2.75) is 12.7 Å². The number of nitrogens with zero attached hydrogens (tertiary/aromatic N) is 1. The number of hydrogen-bond donors (Lipinski definition) is 0. The molecule has 1 saturated heterocycles. The maximum atomic E-state index is 11.1. The smallest absolute Gasteiger partial charge is 0.339 e. The predicted molar refractivity (Wildman–Crippen MR) is 55.0 cm³/mol. The fraction of sp³-hybridized carbons (Fsp3) is 0.455. The van der Waals surface area contributed by atoms with Crippen LogP contribution in [0.4, 0.5) is 0 Å². The van der Waals surface area contributed by atoms with Gasteiger partial charge < -0.3 is 14.2 Å². The van der Waals surface area contributed by atoms with Crippen molar-refractivity contribution in [1.82, 2.24) is 4.98 Å². The Balaban J connectivity index is 1.88. The van der Waals surface area contributed by atoms with E-state index in [1.807, 2.05) is 0 Å². The van der Waals surface area contributed by atoms with Crippen LogP contribution in [0.15, 0.2) is 18.3 Å². The monoisotopic (exact) mass is 223 g/mol. The van der Waals surface area contributed by atoms with Gasteiger partial charge >= 0.3 is 5.97 Å². The largest absolute Gasteiger partial charge is 0.465 e. The summed E-state index contributed by atoms with van der Waals surface area (Å²) >= 11 is 0. The highest BCUT2D eigenvalue weighted by atomic mass is 16.6. The first-order valence-electron chi connectivity index (χ1n) is 5.02. The number of esters is 1. The molecule has 0 saturated carbocycles. The minimum atomic E-state index is -0.382. The molecule has 1 aromatic rings. The van der Waals surface area contributed by atoms with Gasteiger partial charge in [-0.05, 0) is 12.1 Å². The van der Waals surface area contributed by atoms with Crippen LogP contribution < -0.4 is 0 Å². The number of pyridine rings is 1. The van der Waals surface area contributed by atoms with Gasteiger partial charge in [-0.2, -0.15) is 0 Å². The first-order valence-corrected chi connectivity index (χ1v) is 5.02. The average molecular weight is 223 g/mol. The second kappa shape index (κ2) is 5.05. The molecule has 0 bridgehead atoms. The van der Waals surface area contributed by atoms with Crippen LogP contribution in [0, 0.1) is 0 Å². The molecule has 1 aromatic heterocycles. The molecule has 1 aliphatic rings. The highest BCUT2D eigenvalue weighted by Crippen LogP contribution is 2.09. The van der Waals surface area contributed by atoms with Crippen LogP contribution in [0.2, 0.25) is 0 Å². The molecule has 0 spiro atoms. The van der Waals surface area contributed by atoms with E-state index in [4.69, 9.17) is 9.47 Å². The van der Waals surface area contributed by atoms with Crippen LogP contribution in [-0.2, 0) is 20.8 Å². The van der Waals surface area contributed by atoms with Crippen molar-refractivity contribution in [3.05, 3.63) is 29.6 Å². The summed E-state index contributed by atoms with van der Waals surface area (Å²) in [7, 11) is 1.34. The van der Waals surface area contributed by atoms with Gasteiger partial charge in [0, 0.05) is 6.20 Å². The number of carbonyl (C=O) groups is 1. The molecule has 0 N–H and O–H groups in total. The van der Waals surface area contributed by atoms with Gasteiger partial charge in [-0.25, -0.2) is 4.79 Å². The van der Waals surface area contributed by atoms with Gasteiger partial charge in [0.05, 0.1) is 38.2 Å². The number of carbonyl (C=O) groups excluding carboxylic acids is 1. The summed E-state index contributed by atoms with van der Waals surface area (Å²) in [4.78, 5) is 15.2. The average Bonchev–Trinajstić information content (AvgIpc) is 2.27. The second-order valence-corrected chi connectivity index (χ2v) is 3.50. The van der Waals surface area contributed by atoms with E-state index in [0.717, 1.165) is 5.69 Å².